The molecule has 1 unspecified atom stereocenters. The minimum absolute atomic E-state index is 0.0633. The minimum Gasteiger partial charge on any atom is -0.388 e. The Morgan fingerprint density at radius 3 is 2.53 bits per heavy atom. The third kappa shape index (κ3) is 4.00. The predicted molar refractivity (Wildman–Crippen MR) is 114 cm³/mol. The summed E-state index contributed by atoms with van der Waals surface area (Å²) in [5.41, 5.74) is 5.88. The van der Waals surface area contributed by atoms with Gasteiger partial charge in [0.05, 0.1) is 13.2 Å². The highest BCUT2D eigenvalue weighted by atomic mass is 16.5. The van der Waals surface area contributed by atoms with E-state index in [4.69, 9.17) is 9.84 Å². The summed E-state index contributed by atoms with van der Waals surface area (Å²) >= 11 is 0. The number of hydrogen-bond acceptors (Lipinski definition) is 5. The fourth-order valence-electron chi connectivity index (χ4n) is 4.72. The molecule has 1 N–H and O–H groups in total. The number of carbonyl (C=O) groups is 2. The average Bonchev–Trinajstić information content (AvgIpc) is 3.01. The predicted octanol–water partition coefficient (Wildman–Crippen LogP) is 2.41. The molecule has 0 amide bonds. The van der Waals surface area contributed by atoms with E-state index >= 15 is 0 Å². The average molecular weight is 411 g/mol. The lowest BCUT2D eigenvalue weighted by Gasteiger charge is -2.31. The highest BCUT2D eigenvalue weighted by Gasteiger charge is 2.34. The molecule has 1 aromatic heterocycles. The van der Waals surface area contributed by atoms with Crippen molar-refractivity contribution >= 4 is 11.6 Å². The van der Waals surface area contributed by atoms with Gasteiger partial charge in [-0.05, 0) is 37.8 Å². The van der Waals surface area contributed by atoms with Crippen molar-refractivity contribution in [2.75, 3.05) is 39.5 Å². The number of morpholine rings is 1. The SMILES string of the molecule is Cc1c2c(n(Cc3ccc(C(=O)CO)cc3)c1C)CCC(CN1CCOCC1)C2=O. The van der Waals surface area contributed by atoms with E-state index < -0.39 is 6.61 Å². The number of rotatable bonds is 6. The first kappa shape index (κ1) is 21.0. The van der Waals surface area contributed by atoms with Gasteiger partial charge in [0.25, 0.3) is 0 Å². The quantitative estimate of drug-likeness (QED) is 0.741. The van der Waals surface area contributed by atoms with Crippen LogP contribution in [0.4, 0.5) is 0 Å². The second-order valence-corrected chi connectivity index (χ2v) is 8.41. The van der Waals surface area contributed by atoms with Gasteiger partial charge in [-0.2, -0.15) is 0 Å². The van der Waals surface area contributed by atoms with Crippen LogP contribution < -0.4 is 0 Å². The van der Waals surface area contributed by atoms with E-state index in [0.29, 0.717) is 12.1 Å². The first-order valence-corrected chi connectivity index (χ1v) is 10.8. The second kappa shape index (κ2) is 8.84. The maximum absolute atomic E-state index is 13.3. The van der Waals surface area contributed by atoms with Gasteiger partial charge < -0.3 is 14.4 Å². The topological polar surface area (TPSA) is 71.8 Å². The summed E-state index contributed by atoms with van der Waals surface area (Å²) in [6, 6.07) is 7.37. The van der Waals surface area contributed by atoms with Crippen LogP contribution in [0.5, 0.6) is 0 Å². The van der Waals surface area contributed by atoms with Crippen LogP contribution >= 0.6 is 0 Å². The zero-order valence-electron chi connectivity index (χ0n) is 17.8. The van der Waals surface area contributed by atoms with Crippen LogP contribution in [0.1, 0.15) is 49.7 Å². The van der Waals surface area contributed by atoms with E-state index in [1.807, 2.05) is 12.1 Å². The van der Waals surface area contributed by atoms with Crippen LogP contribution in [0.3, 0.4) is 0 Å². The number of benzene rings is 1. The molecule has 0 spiro atoms. The van der Waals surface area contributed by atoms with Gasteiger partial charge in [0, 0.05) is 54.6 Å². The fraction of sp³-hybridized carbons (Fsp3) is 0.500. The molecule has 0 saturated carbocycles. The summed E-state index contributed by atoms with van der Waals surface area (Å²) in [4.78, 5) is 27.3. The van der Waals surface area contributed by atoms with Crippen LogP contribution in [-0.2, 0) is 17.7 Å². The number of fused-ring (bicyclic) bond motifs is 1. The molecule has 30 heavy (non-hydrogen) atoms. The molecule has 1 saturated heterocycles. The molecule has 1 aliphatic heterocycles. The van der Waals surface area contributed by atoms with Crippen molar-refractivity contribution in [1.29, 1.82) is 0 Å². The molecule has 0 radical (unpaired) electrons. The third-order valence-corrected chi connectivity index (χ3v) is 6.63. The summed E-state index contributed by atoms with van der Waals surface area (Å²) in [7, 11) is 0. The normalized spacial score (nSPS) is 19.7. The molecular formula is C24H30N2O4. The summed E-state index contributed by atoms with van der Waals surface area (Å²) in [6.45, 7) is 8.49. The van der Waals surface area contributed by atoms with Crippen molar-refractivity contribution < 1.29 is 19.4 Å². The van der Waals surface area contributed by atoms with Crippen molar-refractivity contribution in [2.24, 2.45) is 5.92 Å². The number of aromatic nitrogens is 1. The first-order chi connectivity index (χ1) is 14.5. The van der Waals surface area contributed by atoms with Crippen LogP contribution in [-0.4, -0.2) is 65.6 Å². The Bertz CT molecular complexity index is 939. The fourth-order valence-corrected chi connectivity index (χ4v) is 4.72. The number of ketones is 2. The smallest absolute Gasteiger partial charge is 0.188 e. The van der Waals surface area contributed by atoms with Crippen LogP contribution in [0.25, 0.3) is 0 Å². The van der Waals surface area contributed by atoms with Crippen LogP contribution in [0.2, 0.25) is 0 Å². The van der Waals surface area contributed by atoms with Gasteiger partial charge >= 0.3 is 0 Å². The molecule has 1 atom stereocenters. The highest BCUT2D eigenvalue weighted by molar-refractivity contribution is 6.02. The molecule has 1 aromatic carbocycles. The van der Waals surface area contributed by atoms with Crippen molar-refractivity contribution in [1.82, 2.24) is 9.47 Å². The molecule has 1 aliphatic carbocycles. The third-order valence-electron chi connectivity index (χ3n) is 6.63. The minimum atomic E-state index is -0.476. The Morgan fingerprint density at radius 1 is 1.17 bits per heavy atom. The van der Waals surface area contributed by atoms with Gasteiger partial charge in [-0.15, -0.1) is 0 Å². The number of Topliss-reactive ketones (excluding diaryl/α,β-unsaturated/α-hetero) is 2. The lowest BCUT2D eigenvalue weighted by molar-refractivity contribution is 0.0291. The van der Waals surface area contributed by atoms with Crippen molar-refractivity contribution in [2.45, 2.75) is 33.2 Å². The molecule has 6 heteroatoms. The van der Waals surface area contributed by atoms with Gasteiger partial charge in [-0.1, -0.05) is 24.3 Å². The van der Waals surface area contributed by atoms with E-state index in [1.54, 1.807) is 12.1 Å². The number of carbonyl (C=O) groups excluding carboxylic acids is 2. The Kier molecular flexibility index (Phi) is 6.18. The van der Waals surface area contributed by atoms with Crippen molar-refractivity contribution in [3.8, 4) is 0 Å². The van der Waals surface area contributed by atoms with E-state index in [1.165, 1.54) is 0 Å². The Morgan fingerprint density at radius 2 is 1.87 bits per heavy atom. The number of aliphatic hydroxyl groups is 1. The Balaban J connectivity index is 1.54. The zero-order chi connectivity index (χ0) is 21.3. The molecule has 160 valence electrons. The van der Waals surface area contributed by atoms with E-state index in [0.717, 1.165) is 73.8 Å². The van der Waals surface area contributed by atoms with Crippen molar-refractivity contribution in [3.63, 3.8) is 0 Å². The van der Waals surface area contributed by atoms with Crippen LogP contribution in [0, 0.1) is 19.8 Å². The molecule has 2 heterocycles. The van der Waals surface area contributed by atoms with Crippen molar-refractivity contribution in [3.05, 3.63) is 57.9 Å². The van der Waals surface area contributed by atoms with Gasteiger partial charge in [0.1, 0.15) is 6.61 Å². The Labute approximate surface area is 177 Å². The number of nitrogens with zero attached hydrogens (tertiary/aromatic N) is 2. The zero-order valence-corrected chi connectivity index (χ0v) is 17.8. The van der Waals surface area contributed by atoms with Gasteiger partial charge in [0.2, 0.25) is 0 Å². The molecule has 2 aliphatic rings. The van der Waals surface area contributed by atoms with E-state index in [-0.39, 0.29) is 17.5 Å². The summed E-state index contributed by atoms with van der Waals surface area (Å²) in [6.07, 6.45) is 1.79. The maximum Gasteiger partial charge on any atom is 0.188 e. The molecule has 2 aromatic rings. The second-order valence-electron chi connectivity index (χ2n) is 8.41. The number of aliphatic hydroxyl groups excluding tert-OH is 1. The monoisotopic (exact) mass is 410 g/mol. The molecule has 6 nitrogen and oxygen atoms in total. The molecular weight excluding hydrogens is 380 g/mol. The maximum atomic E-state index is 13.3. The standard InChI is InChI=1S/C24H30N2O4/c1-16-17(2)26(13-18-3-5-19(6-4-18)22(28)15-27)21-8-7-20(24(29)23(16)21)14-25-9-11-30-12-10-25/h3-6,20,27H,7-15H2,1-2H3. The van der Waals surface area contributed by atoms with Gasteiger partial charge in [-0.3, -0.25) is 14.5 Å². The molecule has 4 rings (SSSR count). The molecule has 0 bridgehead atoms. The first-order valence-electron chi connectivity index (χ1n) is 10.8. The molecule has 1 fully saturated rings. The van der Waals surface area contributed by atoms with E-state index in [2.05, 4.69) is 23.3 Å². The lowest BCUT2D eigenvalue weighted by atomic mass is 9.84. The Hall–Kier alpha value is -2.28. The largest absolute Gasteiger partial charge is 0.388 e. The van der Waals surface area contributed by atoms with E-state index in [9.17, 15) is 9.59 Å². The number of ether oxygens (including phenoxy) is 1. The van der Waals surface area contributed by atoms with Gasteiger partial charge in [0.15, 0.2) is 11.6 Å². The van der Waals surface area contributed by atoms with Gasteiger partial charge in [-0.25, -0.2) is 0 Å². The summed E-state index contributed by atoms with van der Waals surface area (Å²) in [5, 5.41) is 9.02. The highest BCUT2D eigenvalue weighted by Crippen LogP contribution is 2.33. The summed E-state index contributed by atoms with van der Waals surface area (Å²) < 4.78 is 7.69. The number of hydrogen-bond donors (Lipinski definition) is 1. The van der Waals surface area contributed by atoms with Crippen LogP contribution in [0.15, 0.2) is 24.3 Å². The summed E-state index contributed by atoms with van der Waals surface area (Å²) in [5.74, 6) is 0.0723. The lowest BCUT2D eigenvalue weighted by Crippen LogP contribution is -2.42.